The van der Waals surface area contributed by atoms with Crippen LogP contribution in [0.15, 0.2) is 127 Å². The molecular weight excluding hydrogens is 792 g/mol. The molecule has 0 unspecified atom stereocenters. The maximum atomic E-state index is 2.71. The minimum atomic E-state index is 0.0581. The maximum Gasteiger partial charge on any atom is 0.252 e. The lowest BCUT2D eigenvalue weighted by molar-refractivity contribution is 0.332. The van der Waals surface area contributed by atoms with Crippen LogP contribution in [0.3, 0.4) is 0 Å². The molecule has 12 rings (SSSR count). The van der Waals surface area contributed by atoms with Crippen molar-refractivity contribution in [1.29, 1.82) is 0 Å². The molecule has 0 saturated heterocycles. The van der Waals surface area contributed by atoms with E-state index in [0.717, 1.165) is 0 Å². The third-order valence-electron chi connectivity index (χ3n) is 16.3. The van der Waals surface area contributed by atoms with Crippen LogP contribution in [0.2, 0.25) is 0 Å². The molecular formula is C60H59BN2S. The van der Waals surface area contributed by atoms with Crippen molar-refractivity contribution in [2.75, 3.05) is 9.80 Å². The Balaban J connectivity index is 1.22. The first kappa shape index (κ1) is 40.0. The highest BCUT2D eigenvalue weighted by molar-refractivity contribution is 7.26. The van der Waals surface area contributed by atoms with Crippen LogP contribution in [0.1, 0.15) is 114 Å². The van der Waals surface area contributed by atoms with Crippen LogP contribution in [0.4, 0.5) is 34.1 Å². The molecule has 0 amide bonds. The first-order chi connectivity index (χ1) is 30.5. The molecule has 0 fully saturated rings. The van der Waals surface area contributed by atoms with E-state index in [0.29, 0.717) is 0 Å². The average Bonchev–Trinajstić information content (AvgIpc) is 3.66. The second kappa shape index (κ2) is 13.5. The minimum Gasteiger partial charge on any atom is -0.311 e. The lowest BCUT2D eigenvalue weighted by Gasteiger charge is -2.49. The fraction of sp³-hybridized carbons (Fsp3) is 0.300. The summed E-state index contributed by atoms with van der Waals surface area (Å²) in [5, 5.41) is 2.68. The Hall–Kier alpha value is -5.58. The molecule has 4 heteroatoms. The normalized spacial score (nSPS) is 18.3. The minimum absolute atomic E-state index is 0.0581. The Labute approximate surface area is 385 Å². The van der Waals surface area contributed by atoms with E-state index in [1.807, 2.05) is 11.3 Å². The summed E-state index contributed by atoms with van der Waals surface area (Å²) in [6.07, 6.45) is 4.72. The van der Waals surface area contributed by atoms with Crippen molar-refractivity contribution in [2.45, 2.75) is 117 Å². The van der Waals surface area contributed by atoms with Gasteiger partial charge in [0.05, 0.1) is 5.69 Å². The molecule has 2 nitrogen and oxygen atoms in total. The van der Waals surface area contributed by atoms with Gasteiger partial charge in [-0.2, -0.15) is 0 Å². The molecule has 64 heavy (non-hydrogen) atoms. The number of hydrogen-bond donors (Lipinski definition) is 0. The summed E-state index contributed by atoms with van der Waals surface area (Å²) in [4.78, 5) is 5.38. The summed E-state index contributed by atoms with van der Waals surface area (Å²) in [7, 11) is 0. The third-order valence-corrected chi connectivity index (χ3v) is 17.5. The molecule has 0 radical (unpaired) electrons. The summed E-state index contributed by atoms with van der Waals surface area (Å²) in [6.45, 7) is 24.6. The van der Waals surface area contributed by atoms with Gasteiger partial charge in [0.1, 0.15) is 0 Å². The van der Waals surface area contributed by atoms with Gasteiger partial charge in [-0.05, 0) is 177 Å². The quantitative estimate of drug-likeness (QED) is 0.163. The average molecular weight is 851 g/mol. The highest BCUT2D eigenvalue weighted by atomic mass is 32.1. The summed E-state index contributed by atoms with van der Waals surface area (Å²) in [6, 6.07) is 49.8. The van der Waals surface area contributed by atoms with Crippen molar-refractivity contribution in [3.05, 3.63) is 161 Å². The molecule has 3 heterocycles. The molecule has 7 aromatic carbocycles. The molecule has 4 aliphatic rings. The first-order valence-corrected chi connectivity index (χ1v) is 24.5. The lowest BCUT2D eigenvalue weighted by atomic mass is 9.32. The van der Waals surface area contributed by atoms with Crippen molar-refractivity contribution in [3.8, 4) is 11.1 Å². The van der Waals surface area contributed by atoms with Gasteiger partial charge in [-0.25, -0.2) is 0 Å². The molecule has 8 aromatic rings. The number of nitrogens with zero attached hydrogens (tertiary/aromatic N) is 2. The van der Waals surface area contributed by atoms with E-state index in [1.54, 1.807) is 0 Å². The molecule has 318 valence electrons. The van der Waals surface area contributed by atoms with Crippen LogP contribution in [0.5, 0.6) is 0 Å². The molecule has 2 aliphatic heterocycles. The van der Waals surface area contributed by atoms with Crippen molar-refractivity contribution >= 4 is 88.7 Å². The lowest BCUT2D eigenvalue weighted by Crippen LogP contribution is -2.62. The van der Waals surface area contributed by atoms with Gasteiger partial charge >= 0.3 is 0 Å². The van der Waals surface area contributed by atoms with E-state index < -0.39 is 0 Å². The molecule has 0 saturated carbocycles. The summed E-state index contributed by atoms with van der Waals surface area (Å²) < 4.78 is 2.67. The Morgan fingerprint density at radius 2 is 0.953 bits per heavy atom. The summed E-state index contributed by atoms with van der Waals surface area (Å²) in [5.74, 6) is 0. The van der Waals surface area contributed by atoms with Crippen LogP contribution in [-0.2, 0) is 21.7 Å². The zero-order valence-electron chi connectivity index (χ0n) is 39.3. The fourth-order valence-corrected chi connectivity index (χ4v) is 13.6. The van der Waals surface area contributed by atoms with Gasteiger partial charge in [0.2, 0.25) is 0 Å². The maximum absolute atomic E-state index is 2.71. The fourth-order valence-electron chi connectivity index (χ4n) is 12.4. The van der Waals surface area contributed by atoms with E-state index in [2.05, 4.69) is 206 Å². The van der Waals surface area contributed by atoms with E-state index in [-0.39, 0.29) is 28.4 Å². The van der Waals surface area contributed by atoms with Crippen LogP contribution < -0.4 is 26.2 Å². The highest BCUT2D eigenvalue weighted by Gasteiger charge is 2.48. The van der Waals surface area contributed by atoms with Gasteiger partial charge in [-0.3, -0.25) is 0 Å². The van der Waals surface area contributed by atoms with E-state index >= 15 is 0 Å². The van der Waals surface area contributed by atoms with Gasteiger partial charge < -0.3 is 9.80 Å². The number of fused-ring (bicyclic) bond motifs is 9. The predicted octanol–water partition coefficient (Wildman–Crippen LogP) is 15.1. The molecule has 1 aromatic heterocycles. The zero-order valence-corrected chi connectivity index (χ0v) is 40.1. The number of aryl methyl sites for hydroxylation is 2. The highest BCUT2D eigenvalue weighted by Crippen LogP contribution is 2.54. The Bertz CT molecular complexity index is 3270. The second-order valence-corrected chi connectivity index (χ2v) is 23.5. The zero-order chi connectivity index (χ0) is 44.2. The third kappa shape index (κ3) is 5.70. The van der Waals surface area contributed by atoms with Crippen molar-refractivity contribution in [2.24, 2.45) is 0 Å². The summed E-state index contributed by atoms with van der Waals surface area (Å²) >= 11 is 1.91. The Kier molecular flexibility index (Phi) is 8.42. The molecule has 2 aliphatic carbocycles. The largest absolute Gasteiger partial charge is 0.311 e. The number of benzene rings is 7. The number of hydrogen-bond acceptors (Lipinski definition) is 3. The van der Waals surface area contributed by atoms with Crippen molar-refractivity contribution in [1.82, 2.24) is 0 Å². The van der Waals surface area contributed by atoms with E-state index in [4.69, 9.17) is 0 Å². The predicted molar refractivity (Wildman–Crippen MR) is 279 cm³/mol. The Morgan fingerprint density at radius 3 is 1.53 bits per heavy atom. The van der Waals surface area contributed by atoms with Gasteiger partial charge in [0.25, 0.3) is 6.71 Å². The van der Waals surface area contributed by atoms with Crippen LogP contribution in [0.25, 0.3) is 31.3 Å². The first-order valence-electron chi connectivity index (χ1n) is 23.7. The standard InChI is InChI=1S/C60H59BN2S/c1-36-29-51-56-52(30-36)63(48-20-16-22-54-55(48)40-19-14-15-21-53(40)64-54)50-35-44-42(58(5,6)26-28-60(44,9)10)33-46(50)61(56)45-32-41-43(59(7,8)27-25-57(41,3)4)34-49(45)62(51)47-24-23-39(31-37(47)2)38-17-12-11-13-18-38/h11-24,29-35H,25-28H2,1-10H3. The monoisotopic (exact) mass is 850 g/mol. The van der Waals surface area contributed by atoms with Gasteiger partial charge in [-0.15, -0.1) is 11.3 Å². The number of rotatable bonds is 3. The topological polar surface area (TPSA) is 6.48 Å². The van der Waals surface area contributed by atoms with Crippen molar-refractivity contribution < 1.29 is 0 Å². The van der Waals surface area contributed by atoms with E-state index in [1.165, 1.54) is 141 Å². The SMILES string of the molecule is Cc1cc2c3c(c1)N(c1cccc4sc5ccccc5c14)c1cc4c(cc1B3c1cc3c(cc1N2c1ccc(-c2ccccc2)cc1C)C(C)(C)CCC3(C)C)C(C)(C)CCC4(C)C. The van der Waals surface area contributed by atoms with Crippen LogP contribution in [-0.4, -0.2) is 6.71 Å². The second-order valence-electron chi connectivity index (χ2n) is 22.4. The molecule has 0 atom stereocenters. The van der Waals surface area contributed by atoms with Crippen molar-refractivity contribution in [3.63, 3.8) is 0 Å². The molecule has 0 spiro atoms. The number of anilines is 6. The molecule has 0 bridgehead atoms. The summed E-state index contributed by atoms with van der Waals surface area (Å²) in [5.41, 5.74) is 23.4. The van der Waals surface area contributed by atoms with Crippen LogP contribution >= 0.6 is 11.3 Å². The van der Waals surface area contributed by atoms with Gasteiger partial charge in [-0.1, -0.05) is 128 Å². The smallest absolute Gasteiger partial charge is 0.252 e. The van der Waals surface area contributed by atoms with Gasteiger partial charge in [0.15, 0.2) is 0 Å². The van der Waals surface area contributed by atoms with E-state index in [9.17, 15) is 0 Å². The number of thiophene rings is 1. The Morgan fingerprint density at radius 1 is 0.438 bits per heavy atom. The van der Waals surface area contributed by atoms with Gasteiger partial charge in [0, 0.05) is 48.6 Å². The molecule has 0 N–H and O–H groups in total. The van der Waals surface area contributed by atoms with Crippen LogP contribution in [0, 0.1) is 13.8 Å².